The minimum atomic E-state index is -0.668. The molecule has 1 atom stereocenters. The van der Waals surface area contributed by atoms with E-state index in [1.807, 2.05) is 0 Å². The lowest BCUT2D eigenvalue weighted by atomic mass is 10.1. The van der Waals surface area contributed by atoms with Crippen LogP contribution in [0.1, 0.15) is 24.5 Å². The summed E-state index contributed by atoms with van der Waals surface area (Å²) in [5.74, 6) is -0.409. The third-order valence-corrected chi connectivity index (χ3v) is 2.29. The molecule has 0 amide bonds. The number of nitrogens with zero attached hydrogens (tertiary/aromatic N) is 1. The Balaban J connectivity index is 1.91. The molecular formula is C10H13FN2O. The average molecular weight is 196 g/mol. The number of aliphatic hydroxyl groups excluding tert-OH is 1. The van der Waals surface area contributed by atoms with Gasteiger partial charge in [-0.25, -0.2) is 4.39 Å². The molecule has 0 saturated heterocycles. The number of hydrogen-bond acceptors (Lipinski definition) is 3. The molecule has 1 aromatic rings. The van der Waals surface area contributed by atoms with Gasteiger partial charge in [0.1, 0.15) is 5.82 Å². The molecule has 0 radical (unpaired) electrons. The van der Waals surface area contributed by atoms with Crippen LogP contribution in [0.25, 0.3) is 0 Å². The van der Waals surface area contributed by atoms with Crippen LogP contribution in [0.15, 0.2) is 18.5 Å². The largest absolute Gasteiger partial charge is 0.387 e. The van der Waals surface area contributed by atoms with Crippen LogP contribution in [0.3, 0.4) is 0 Å². The second-order valence-corrected chi connectivity index (χ2v) is 3.63. The van der Waals surface area contributed by atoms with Crippen LogP contribution in [-0.4, -0.2) is 22.7 Å². The van der Waals surface area contributed by atoms with Crippen molar-refractivity contribution in [2.75, 3.05) is 6.54 Å². The zero-order chi connectivity index (χ0) is 9.97. The van der Waals surface area contributed by atoms with Crippen LogP contribution >= 0.6 is 0 Å². The third-order valence-electron chi connectivity index (χ3n) is 2.29. The smallest absolute Gasteiger partial charge is 0.141 e. The van der Waals surface area contributed by atoms with Crippen molar-refractivity contribution in [2.24, 2.45) is 0 Å². The van der Waals surface area contributed by atoms with E-state index in [4.69, 9.17) is 0 Å². The molecule has 1 saturated carbocycles. The van der Waals surface area contributed by atoms with Gasteiger partial charge in [0.2, 0.25) is 0 Å². The first-order valence-electron chi connectivity index (χ1n) is 4.77. The Hall–Kier alpha value is -1.00. The molecule has 2 N–H and O–H groups in total. The van der Waals surface area contributed by atoms with E-state index in [1.54, 1.807) is 0 Å². The van der Waals surface area contributed by atoms with Gasteiger partial charge in [-0.15, -0.1) is 0 Å². The Bertz CT molecular complexity index is 315. The normalized spacial score (nSPS) is 18.1. The molecule has 14 heavy (non-hydrogen) atoms. The van der Waals surface area contributed by atoms with E-state index in [0.717, 1.165) is 6.20 Å². The van der Waals surface area contributed by atoms with Crippen molar-refractivity contribution < 1.29 is 9.50 Å². The summed E-state index contributed by atoms with van der Waals surface area (Å²) in [5.41, 5.74) is 0.526. The second kappa shape index (κ2) is 4.02. The highest BCUT2D eigenvalue weighted by Crippen LogP contribution is 2.20. The van der Waals surface area contributed by atoms with Gasteiger partial charge < -0.3 is 10.4 Å². The molecular weight excluding hydrogens is 183 g/mol. The van der Waals surface area contributed by atoms with Crippen molar-refractivity contribution in [1.29, 1.82) is 0 Å². The minimum absolute atomic E-state index is 0.409. The SMILES string of the molecule is OC(CNC1CC1)c1cncc(F)c1. The first-order chi connectivity index (χ1) is 6.75. The summed E-state index contributed by atoms with van der Waals surface area (Å²) >= 11 is 0. The summed E-state index contributed by atoms with van der Waals surface area (Å²) in [6.45, 7) is 0.468. The van der Waals surface area contributed by atoms with Gasteiger partial charge in [-0.3, -0.25) is 4.98 Å². The molecule has 1 aromatic heterocycles. The van der Waals surface area contributed by atoms with Crippen molar-refractivity contribution in [2.45, 2.75) is 25.0 Å². The van der Waals surface area contributed by atoms with Gasteiger partial charge in [-0.2, -0.15) is 0 Å². The standard InChI is InChI=1S/C10H13FN2O/c11-8-3-7(4-12-5-8)10(14)6-13-9-1-2-9/h3-5,9-10,13-14H,1-2,6H2. The quantitative estimate of drug-likeness (QED) is 0.755. The van der Waals surface area contributed by atoms with Gasteiger partial charge in [0.25, 0.3) is 0 Å². The summed E-state index contributed by atoms with van der Waals surface area (Å²) < 4.78 is 12.7. The van der Waals surface area contributed by atoms with Crippen molar-refractivity contribution in [3.8, 4) is 0 Å². The molecule has 2 rings (SSSR count). The average Bonchev–Trinajstić information content (AvgIpc) is 2.97. The van der Waals surface area contributed by atoms with E-state index >= 15 is 0 Å². The maximum Gasteiger partial charge on any atom is 0.141 e. The highest BCUT2D eigenvalue weighted by molar-refractivity contribution is 5.13. The molecule has 1 unspecified atom stereocenters. The maximum absolute atomic E-state index is 12.7. The number of rotatable bonds is 4. The lowest BCUT2D eigenvalue weighted by molar-refractivity contribution is 0.173. The van der Waals surface area contributed by atoms with Gasteiger partial charge in [-0.05, 0) is 18.9 Å². The van der Waals surface area contributed by atoms with Crippen molar-refractivity contribution in [3.05, 3.63) is 29.8 Å². The van der Waals surface area contributed by atoms with Crippen LogP contribution in [0.4, 0.5) is 4.39 Å². The van der Waals surface area contributed by atoms with E-state index < -0.39 is 11.9 Å². The van der Waals surface area contributed by atoms with Gasteiger partial charge in [0.15, 0.2) is 0 Å². The van der Waals surface area contributed by atoms with Crippen LogP contribution < -0.4 is 5.32 Å². The zero-order valence-corrected chi connectivity index (χ0v) is 7.78. The maximum atomic E-state index is 12.7. The number of aliphatic hydroxyl groups is 1. The number of halogens is 1. The first-order valence-corrected chi connectivity index (χ1v) is 4.77. The lowest BCUT2D eigenvalue weighted by Gasteiger charge is -2.10. The van der Waals surface area contributed by atoms with E-state index in [0.29, 0.717) is 18.2 Å². The fourth-order valence-electron chi connectivity index (χ4n) is 1.29. The van der Waals surface area contributed by atoms with Crippen molar-refractivity contribution >= 4 is 0 Å². The molecule has 0 spiro atoms. The van der Waals surface area contributed by atoms with Crippen LogP contribution in [-0.2, 0) is 0 Å². The summed E-state index contributed by atoms with van der Waals surface area (Å²) in [5, 5.41) is 12.8. The minimum Gasteiger partial charge on any atom is -0.387 e. The fraction of sp³-hybridized carbons (Fsp3) is 0.500. The number of hydrogen-bond donors (Lipinski definition) is 2. The predicted octanol–water partition coefficient (Wildman–Crippen LogP) is 1.01. The van der Waals surface area contributed by atoms with Crippen LogP contribution in [0.2, 0.25) is 0 Å². The molecule has 0 aliphatic heterocycles. The molecule has 1 aliphatic rings. The molecule has 0 bridgehead atoms. The monoisotopic (exact) mass is 196 g/mol. The van der Waals surface area contributed by atoms with Gasteiger partial charge in [0.05, 0.1) is 12.3 Å². The summed E-state index contributed by atoms with van der Waals surface area (Å²) in [6, 6.07) is 1.86. The topological polar surface area (TPSA) is 45.1 Å². The molecule has 76 valence electrons. The summed E-state index contributed by atoms with van der Waals surface area (Å²) in [6.07, 6.45) is 4.30. The number of aromatic nitrogens is 1. The van der Waals surface area contributed by atoms with Gasteiger partial charge in [-0.1, -0.05) is 0 Å². The summed E-state index contributed by atoms with van der Waals surface area (Å²) in [7, 11) is 0. The molecule has 4 heteroatoms. The molecule has 0 aromatic carbocycles. The van der Waals surface area contributed by atoms with Crippen LogP contribution in [0, 0.1) is 5.82 Å². The predicted molar refractivity (Wildman–Crippen MR) is 50.2 cm³/mol. The Morgan fingerprint density at radius 3 is 3.00 bits per heavy atom. The zero-order valence-electron chi connectivity index (χ0n) is 7.78. The van der Waals surface area contributed by atoms with Gasteiger partial charge in [0, 0.05) is 24.3 Å². The molecule has 1 fully saturated rings. The third kappa shape index (κ3) is 2.49. The van der Waals surface area contributed by atoms with Crippen molar-refractivity contribution in [1.82, 2.24) is 10.3 Å². The van der Waals surface area contributed by atoms with E-state index in [9.17, 15) is 9.50 Å². The first kappa shape index (κ1) is 9.55. The van der Waals surface area contributed by atoms with Crippen LogP contribution in [0.5, 0.6) is 0 Å². The molecule has 1 aliphatic carbocycles. The molecule has 1 heterocycles. The van der Waals surface area contributed by atoms with Gasteiger partial charge >= 0.3 is 0 Å². The fourth-order valence-corrected chi connectivity index (χ4v) is 1.29. The Labute approximate surface area is 82.0 Å². The highest BCUT2D eigenvalue weighted by atomic mass is 19.1. The Morgan fingerprint density at radius 1 is 1.57 bits per heavy atom. The van der Waals surface area contributed by atoms with E-state index in [2.05, 4.69) is 10.3 Å². The Kier molecular flexibility index (Phi) is 2.74. The number of nitrogens with one attached hydrogen (secondary N) is 1. The van der Waals surface area contributed by atoms with Crippen molar-refractivity contribution in [3.63, 3.8) is 0 Å². The number of pyridine rings is 1. The summed E-state index contributed by atoms with van der Waals surface area (Å²) in [4.78, 5) is 3.69. The van der Waals surface area contributed by atoms with E-state index in [-0.39, 0.29) is 0 Å². The lowest BCUT2D eigenvalue weighted by Crippen LogP contribution is -2.23. The van der Waals surface area contributed by atoms with E-state index in [1.165, 1.54) is 25.1 Å². The second-order valence-electron chi connectivity index (χ2n) is 3.63. The molecule has 3 nitrogen and oxygen atoms in total. The highest BCUT2D eigenvalue weighted by Gasteiger charge is 2.21. The Morgan fingerprint density at radius 2 is 2.36 bits per heavy atom.